The van der Waals surface area contributed by atoms with E-state index >= 15 is 0 Å². The fourth-order valence-corrected chi connectivity index (χ4v) is 1.55. The average molecular weight is 262 g/mol. The molecule has 102 valence electrons. The van der Waals surface area contributed by atoms with Gasteiger partial charge >= 0.3 is 5.97 Å². The number of hydrogen-bond acceptors (Lipinski definition) is 5. The molecule has 0 aliphatic heterocycles. The molecule has 1 aromatic rings. The van der Waals surface area contributed by atoms with Crippen molar-refractivity contribution < 1.29 is 14.3 Å². The van der Waals surface area contributed by atoms with Gasteiger partial charge in [0.15, 0.2) is 5.78 Å². The van der Waals surface area contributed by atoms with E-state index in [-0.39, 0.29) is 12.2 Å². The summed E-state index contributed by atoms with van der Waals surface area (Å²) in [5.41, 5.74) is 0.905. The summed E-state index contributed by atoms with van der Waals surface area (Å²) in [6.45, 7) is 2.04. The molecule has 1 aromatic heterocycles. The predicted molar refractivity (Wildman–Crippen MR) is 71.6 cm³/mol. The standard InChI is InChI=1S/C14H18N2O3/c1-4-19-13(17)9-12(10-16(2)3)14(18)11-5-7-15-8-6-11/h5-8,10H,4,9H2,1-3H3/b12-10+. The molecule has 1 rings (SSSR count). The molecule has 0 N–H and O–H groups in total. The first-order valence-corrected chi connectivity index (χ1v) is 6.02. The SMILES string of the molecule is CCOC(=O)C/C(=C\N(C)C)C(=O)c1ccncc1. The van der Waals surface area contributed by atoms with Crippen LogP contribution in [0.2, 0.25) is 0 Å². The number of pyridine rings is 1. The van der Waals surface area contributed by atoms with Crippen molar-refractivity contribution in [3.8, 4) is 0 Å². The van der Waals surface area contributed by atoms with E-state index in [2.05, 4.69) is 4.98 Å². The van der Waals surface area contributed by atoms with Crippen LogP contribution in [-0.2, 0) is 9.53 Å². The first kappa shape index (κ1) is 14.9. The quantitative estimate of drug-likeness (QED) is 0.443. The number of ketones is 1. The van der Waals surface area contributed by atoms with Gasteiger partial charge in [0.1, 0.15) is 0 Å². The van der Waals surface area contributed by atoms with Crippen LogP contribution in [0.5, 0.6) is 0 Å². The van der Waals surface area contributed by atoms with Crippen LogP contribution in [0.1, 0.15) is 23.7 Å². The number of aromatic nitrogens is 1. The monoisotopic (exact) mass is 262 g/mol. The lowest BCUT2D eigenvalue weighted by Gasteiger charge is -2.11. The van der Waals surface area contributed by atoms with Gasteiger partial charge in [-0.2, -0.15) is 0 Å². The van der Waals surface area contributed by atoms with Crippen molar-refractivity contribution in [1.82, 2.24) is 9.88 Å². The Hall–Kier alpha value is -2.17. The van der Waals surface area contributed by atoms with Gasteiger partial charge in [-0.3, -0.25) is 14.6 Å². The topological polar surface area (TPSA) is 59.5 Å². The van der Waals surface area contributed by atoms with E-state index in [0.717, 1.165) is 0 Å². The van der Waals surface area contributed by atoms with Crippen LogP contribution in [0, 0.1) is 0 Å². The second-order valence-electron chi connectivity index (χ2n) is 4.16. The van der Waals surface area contributed by atoms with E-state index < -0.39 is 5.97 Å². The van der Waals surface area contributed by atoms with Gasteiger partial charge in [-0.15, -0.1) is 0 Å². The summed E-state index contributed by atoms with van der Waals surface area (Å²) in [5, 5.41) is 0. The molecule has 0 bridgehead atoms. The van der Waals surface area contributed by atoms with Gasteiger partial charge in [0.05, 0.1) is 13.0 Å². The Bertz CT molecular complexity index is 467. The summed E-state index contributed by atoms with van der Waals surface area (Å²) in [6.07, 6.45) is 4.70. The summed E-state index contributed by atoms with van der Waals surface area (Å²) >= 11 is 0. The van der Waals surface area contributed by atoms with Gasteiger partial charge in [0, 0.05) is 43.8 Å². The Morgan fingerprint density at radius 3 is 2.47 bits per heavy atom. The van der Waals surface area contributed by atoms with Gasteiger partial charge < -0.3 is 9.64 Å². The van der Waals surface area contributed by atoms with Gasteiger partial charge in [0.2, 0.25) is 0 Å². The molecule has 0 aliphatic rings. The molecule has 0 saturated heterocycles. The highest BCUT2D eigenvalue weighted by atomic mass is 16.5. The number of rotatable bonds is 6. The number of esters is 1. The zero-order chi connectivity index (χ0) is 14.3. The van der Waals surface area contributed by atoms with Crippen molar-refractivity contribution in [2.24, 2.45) is 0 Å². The predicted octanol–water partition coefficient (Wildman–Crippen LogP) is 1.66. The van der Waals surface area contributed by atoms with Crippen molar-refractivity contribution in [2.75, 3.05) is 20.7 Å². The van der Waals surface area contributed by atoms with E-state index in [1.165, 1.54) is 0 Å². The third kappa shape index (κ3) is 4.91. The van der Waals surface area contributed by atoms with Crippen LogP contribution < -0.4 is 0 Å². The molecule has 0 radical (unpaired) electrons. The molecule has 0 amide bonds. The highest BCUT2D eigenvalue weighted by molar-refractivity contribution is 6.10. The molecule has 0 spiro atoms. The molecule has 1 heterocycles. The van der Waals surface area contributed by atoms with Gasteiger partial charge in [-0.05, 0) is 19.1 Å². The van der Waals surface area contributed by atoms with Crippen molar-refractivity contribution in [2.45, 2.75) is 13.3 Å². The van der Waals surface area contributed by atoms with E-state index in [1.807, 2.05) is 0 Å². The summed E-state index contributed by atoms with van der Waals surface area (Å²) in [4.78, 5) is 29.4. The summed E-state index contributed by atoms with van der Waals surface area (Å²) in [7, 11) is 3.59. The van der Waals surface area contributed by atoms with E-state index in [4.69, 9.17) is 4.74 Å². The molecule has 0 aromatic carbocycles. The maximum Gasteiger partial charge on any atom is 0.310 e. The minimum absolute atomic E-state index is 0.0345. The second-order valence-corrected chi connectivity index (χ2v) is 4.16. The minimum Gasteiger partial charge on any atom is -0.466 e. The van der Waals surface area contributed by atoms with E-state index in [1.54, 1.807) is 56.6 Å². The fourth-order valence-electron chi connectivity index (χ4n) is 1.55. The molecule has 0 aliphatic carbocycles. The molecule has 5 nitrogen and oxygen atoms in total. The smallest absolute Gasteiger partial charge is 0.310 e. The molecular weight excluding hydrogens is 244 g/mol. The maximum absolute atomic E-state index is 12.3. The first-order valence-electron chi connectivity index (χ1n) is 6.02. The third-order valence-electron chi connectivity index (χ3n) is 2.29. The van der Waals surface area contributed by atoms with Gasteiger partial charge in [-0.1, -0.05) is 0 Å². The number of Topliss-reactive ketones (excluding diaryl/α,β-unsaturated/α-hetero) is 1. The number of hydrogen-bond donors (Lipinski definition) is 0. The lowest BCUT2D eigenvalue weighted by atomic mass is 10.0. The zero-order valence-corrected chi connectivity index (χ0v) is 11.4. The summed E-state index contributed by atoms with van der Waals surface area (Å²) in [6, 6.07) is 3.24. The van der Waals surface area contributed by atoms with Gasteiger partial charge in [-0.25, -0.2) is 0 Å². The number of ether oxygens (including phenoxy) is 1. The van der Waals surface area contributed by atoms with Crippen molar-refractivity contribution in [3.05, 3.63) is 41.9 Å². The van der Waals surface area contributed by atoms with Crippen LogP contribution in [0.25, 0.3) is 0 Å². The molecule has 0 unspecified atom stereocenters. The van der Waals surface area contributed by atoms with Gasteiger partial charge in [0.25, 0.3) is 0 Å². The Labute approximate surface area is 112 Å². The number of carbonyl (C=O) groups excluding carboxylic acids is 2. The van der Waals surface area contributed by atoms with Crippen molar-refractivity contribution in [3.63, 3.8) is 0 Å². The highest BCUT2D eigenvalue weighted by Gasteiger charge is 2.16. The lowest BCUT2D eigenvalue weighted by molar-refractivity contribution is -0.142. The molecular formula is C14H18N2O3. The van der Waals surface area contributed by atoms with Crippen LogP contribution in [0.4, 0.5) is 0 Å². The number of nitrogens with zero attached hydrogens (tertiary/aromatic N) is 2. The van der Waals surface area contributed by atoms with Crippen molar-refractivity contribution in [1.29, 1.82) is 0 Å². The highest BCUT2D eigenvalue weighted by Crippen LogP contribution is 2.12. The molecule has 5 heteroatoms. The molecule has 0 atom stereocenters. The number of carbonyl (C=O) groups is 2. The molecule has 0 fully saturated rings. The van der Waals surface area contributed by atoms with Crippen LogP contribution in [-0.4, -0.2) is 42.3 Å². The van der Waals surface area contributed by atoms with Crippen LogP contribution in [0.3, 0.4) is 0 Å². The summed E-state index contributed by atoms with van der Waals surface area (Å²) in [5.74, 6) is -0.595. The molecule has 19 heavy (non-hydrogen) atoms. The largest absolute Gasteiger partial charge is 0.466 e. The Morgan fingerprint density at radius 1 is 1.32 bits per heavy atom. The van der Waals surface area contributed by atoms with Crippen molar-refractivity contribution >= 4 is 11.8 Å². The van der Waals surface area contributed by atoms with Crippen LogP contribution in [0.15, 0.2) is 36.3 Å². The van der Waals surface area contributed by atoms with E-state index in [0.29, 0.717) is 17.7 Å². The second kappa shape index (κ2) is 7.31. The fraction of sp³-hybridized carbons (Fsp3) is 0.357. The molecule has 0 saturated carbocycles. The Morgan fingerprint density at radius 2 is 1.95 bits per heavy atom. The first-order chi connectivity index (χ1) is 9.04. The Balaban J connectivity index is 2.92. The Kier molecular flexibility index (Phi) is 5.73. The normalized spacial score (nSPS) is 11.0. The van der Waals surface area contributed by atoms with Crippen LogP contribution >= 0.6 is 0 Å². The van der Waals surface area contributed by atoms with E-state index in [9.17, 15) is 9.59 Å². The zero-order valence-electron chi connectivity index (χ0n) is 11.4. The summed E-state index contributed by atoms with van der Waals surface area (Å²) < 4.78 is 4.88. The average Bonchev–Trinajstić information content (AvgIpc) is 2.38. The lowest BCUT2D eigenvalue weighted by Crippen LogP contribution is -2.15. The third-order valence-corrected chi connectivity index (χ3v) is 2.29. The maximum atomic E-state index is 12.3. The minimum atomic E-state index is -0.405.